The molecule has 1 saturated heterocycles. The van der Waals surface area contributed by atoms with Crippen LogP contribution in [0.5, 0.6) is 11.5 Å². The fraction of sp³-hybridized carbons (Fsp3) is 0.565. The van der Waals surface area contributed by atoms with Crippen LogP contribution in [0.1, 0.15) is 31.4 Å². The number of methoxy groups -OCH3 is 1. The van der Waals surface area contributed by atoms with Crippen molar-refractivity contribution in [3.8, 4) is 11.5 Å². The van der Waals surface area contributed by atoms with Crippen molar-refractivity contribution in [2.75, 3.05) is 26.9 Å². The Morgan fingerprint density at radius 3 is 2.74 bits per heavy atom. The molecule has 0 aromatic heterocycles. The van der Waals surface area contributed by atoms with Crippen LogP contribution in [-0.4, -0.2) is 62.3 Å². The number of likely N-dealkylation sites (tertiary alicyclic amines) is 1. The van der Waals surface area contributed by atoms with Crippen LogP contribution in [0.15, 0.2) is 24.3 Å². The maximum atomic E-state index is 12.7. The summed E-state index contributed by atoms with van der Waals surface area (Å²) in [4.78, 5) is 26.7. The number of piperidine rings is 1. The number of carbonyl (C=O) groups excluding carboxylic acids is 2. The van der Waals surface area contributed by atoms with Crippen LogP contribution in [-0.2, 0) is 26.0 Å². The average molecular weight is 429 g/mol. The van der Waals surface area contributed by atoms with Crippen molar-refractivity contribution in [2.24, 2.45) is 5.92 Å². The molecule has 1 aromatic carbocycles. The molecule has 2 bridgehead atoms. The Balaban J connectivity index is 1.61. The molecule has 0 saturated carbocycles. The highest BCUT2D eigenvalue weighted by molar-refractivity contribution is 5.70. The molecule has 31 heavy (non-hydrogen) atoms. The summed E-state index contributed by atoms with van der Waals surface area (Å²) < 4.78 is 28.1. The predicted octanol–water partition coefficient (Wildman–Crippen LogP) is 3.21. The van der Waals surface area contributed by atoms with E-state index in [1.165, 1.54) is 0 Å². The van der Waals surface area contributed by atoms with Gasteiger partial charge in [-0.05, 0) is 44.4 Å². The highest BCUT2D eigenvalue weighted by Gasteiger charge is 2.66. The molecule has 8 nitrogen and oxygen atoms in total. The average Bonchev–Trinajstić information content (AvgIpc) is 3.09. The minimum absolute atomic E-state index is 0.0264. The smallest absolute Gasteiger partial charge is 0.493 e. The van der Waals surface area contributed by atoms with Gasteiger partial charge in [-0.1, -0.05) is 12.1 Å². The zero-order valence-corrected chi connectivity index (χ0v) is 18.0. The first-order valence-electron chi connectivity index (χ1n) is 10.9. The van der Waals surface area contributed by atoms with E-state index >= 15 is 0 Å². The second-order valence-electron chi connectivity index (χ2n) is 8.30. The van der Waals surface area contributed by atoms with Crippen molar-refractivity contribution in [1.82, 2.24) is 4.90 Å². The van der Waals surface area contributed by atoms with Crippen molar-refractivity contribution in [3.63, 3.8) is 0 Å². The lowest BCUT2D eigenvalue weighted by atomic mass is 9.53. The normalized spacial score (nSPS) is 31.4. The number of hydrogen-bond acceptors (Lipinski definition) is 7. The number of hydrogen-bond donors (Lipinski definition) is 0. The van der Waals surface area contributed by atoms with E-state index in [1.807, 2.05) is 24.0 Å². The highest BCUT2D eigenvalue weighted by atomic mass is 16.7. The summed E-state index contributed by atoms with van der Waals surface area (Å²) in [6.07, 6.45) is 3.34. The Hall–Kier alpha value is -2.90. The molecule has 8 heteroatoms. The molecule has 4 aliphatic rings. The molecule has 166 valence electrons. The van der Waals surface area contributed by atoms with Crippen LogP contribution in [0.3, 0.4) is 0 Å². The molecule has 1 spiro atoms. The largest absolute Gasteiger partial charge is 0.508 e. The molecule has 2 heterocycles. The van der Waals surface area contributed by atoms with E-state index in [0.717, 1.165) is 16.9 Å². The minimum Gasteiger partial charge on any atom is -0.493 e. The topological polar surface area (TPSA) is 83.5 Å². The van der Waals surface area contributed by atoms with E-state index in [-0.39, 0.29) is 24.7 Å². The lowest BCUT2D eigenvalue weighted by Crippen LogP contribution is -2.66. The first-order chi connectivity index (χ1) is 15.0. The lowest BCUT2D eigenvalue weighted by Gasteiger charge is -2.56. The second kappa shape index (κ2) is 7.35. The van der Waals surface area contributed by atoms with Crippen LogP contribution in [0, 0.1) is 5.92 Å². The Labute approximate surface area is 181 Å². The Morgan fingerprint density at radius 2 is 2.00 bits per heavy atom. The van der Waals surface area contributed by atoms with Gasteiger partial charge in [0.2, 0.25) is 0 Å². The van der Waals surface area contributed by atoms with Crippen LogP contribution >= 0.6 is 0 Å². The first-order valence-corrected chi connectivity index (χ1v) is 10.9. The summed E-state index contributed by atoms with van der Waals surface area (Å²) >= 11 is 0. The summed E-state index contributed by atoms with van der Waals surface area (Å²) in [6, 6.07) is 3.91. The van der Waals surface area contributed by atoms with Gasteiger partial charge in [-0.15, -0.1) is 0 Å². The summed E-state index contributed by atoms with van der Waals surface area (Å²) in [5.74, 6) is 1.42. The minimum atomic E-state index is -0.713. The fourth-order valence-electron chi connectivity index (χ4n) is 5.99. The van der Waals surface area contributed by atoms with Crippen LogP contribution < -0.4 is 9.47 Å². The van der Waals surface area contributed by atoms with E-state index in [9.17, 15) is 9.59 Å². The van der Waals surface area contributed by atoms with Crippen LogP contribution in [0.25, 0.3) is 0 Å². The Kier molecular flexibility index (Phi) is 4.75. The molecule has 0 radical (unpaired) electrons. The van der Waals surface area contributed by atoms with E-state index in [4.69, 9.17) is 23.7 Å². The van der Waals surface area contributed by atoms with E-state index in [1.54, 1.807) is 14.0 Å². The van der Waals surface area contributed by atoms with Crippen molar-refractivity contribution >= 4 is 12.2 Å². The van der Waals surface area contributed by atoms with Gasteiger partial charge in [0.25, 0.3) is 0 Å². The van der Waals surface area contributed by atoms with Gasteiger partial charge in [0.1, 0.15) is 6.10 Å². The summed E-state index contributed by atoms with van der Waals surface area (Å²) in [6.45, 7) is 4.69. The first kappa shape index (κ1) is 20.0. The zero-order chi connectivity index (χ0) is 21.8. The van der Waals surface area contributed by atoms with Gasteiger partial charge in [0.05, 0.1) is 25.7 Å². The zero-order valence-electron chi connectivity index (χ0n) is 18.0. The Morgan fingerprint density at radius 1 is 1.19 bits per heavy atom. The summed E-state index contributed by atoms with van der Waals surface area (Å²) in [7, 11) is 1.62. The van der Waals surface area contributed by atoms with Gasteiger partial charge >= 0.3 is 12.2 Å². The molecule has 2 aliphatic carbocycles. The SMILES string of the molecule is CCOC(=O)O[C@@H]1C=C[C@@H]2[C@@H]3Cc4ccc(OC)c5c4[C@]2(CCN3C(=O)OCC)[C@@H]1O5. The molecule has 2 aliphatic heterocycles. The second-order valence-corrected chi connectivity index (χ2v) is 8.30. The molecule has 5 rings (SSSR count). The van der Waals surface area contributed by atoms with Crippen LogP contribution in [0.2, 0.25) is 0 Å². The standard InChI is InChI=1S/C23H27NO7/c1-4-28-21(25)24-11-10-23-14-7-9-17(30-22(26)29-5-2)20(23)31-19-16(27-3)8-6-13(18(19)23)12-15(14)24/h6-9,14-15,17,20H,4-5,10-12H2,1-3H3/t14-,15+,17-,20-,23-/m1/s1. The number of carbonyl (C=O) groups is 2. The van der Waals surface area contributed by atoms with Gasteiger partial charge in [-0.2, -0.15) is 0 Å². The third-order valence-corrected chi connectivity index (χ3v) is 7.05. The molecule has 0 N–H and O–H groups in total. The quantitative estimate of drug-likeness (QED) is 0.537. The van der Waals surface area contributed by atoms with Crippen LogP contribution in [0.4, 0.5) is 9.59 Å². The molecule has 1 amide bonds. The number of nitrogens with zero attached hydrogens (tertiary/aromatic N) is 1. The van der Waals surface area contributed by atoms with E-state index in [2.05, 4.69) is 12.1 Å². The maximum Gasteiger partial charge on any atom is 0.508 e. The third kappa shape index (κ3) is 2.73. The summed E-state index contributed by atoms with van der Waals surface area (Å²) in [5, 5.41) is 0. The molecule has 1 fully saturated rings. The molecular weight excluding hydrogens is 402 g/mol. The molecular formula is C23H27NO7. The van der Waals surface area contributed by atoms with Crippen molar-refractivity contribution in [3.05, 3.63) is 35.4 Å². The number of rotatable bonds is 4. The van der Waals surface area contributed by atoms with Crippen molar-refractivity contribution < 1.29 is 33.3 Å². The number of ether oxygens (including phenoxy) is 5. The van der Waals surface area contributed by atoms with Crippen molar-refractivity contribution in [2.45, 2.75) is 50.4 Å². The third-order valence-electron chi connectivity index (χ3n) is 7.05. The van der Waals surface area contributed by atoms with Gasteiger partial charge in [-0.3, -0.25) is 0 Å². The van der Waals surface area contributed by atoms with Gasteiger partial charge < -0.3 is 28.6 Å². The van der Waals surface area contributed by atoms with E-state index < -0.39 is 23.8 Å². The number of benzene rings is 1. The molecule has 5 atom stereocenters. The number of amides is 1. The van der Waals surface area contributed by atoms with Gasteiger partial charge in [0, 0.05) is 24.1 Å². The fourth-order valence-corrected chi connectivity index (χ4v) is 5.99. The van der Waals surface area contributed by atoms with Gasteiger partial charge in [0.15, 0.2) is 17.6 Å². The molecule has 1 aromatic rings. The van der Waals surface area contributed by atoms with Crippen molar-refractivity contribution in [1.29, 1.82) is 0 Å². The van der Waals surface area contributed by atoms with E-state index in [0.29, 0.717) is 31.7 Å². The maximum absolute atomic E-state index is 12.7. The highest BCUT2D eigenvalue weighted by Crippen LogP contribution is 2.62. The monoisotopic (exact) mass is 429 g/mol. The van der Waals surface area contributed by atoms with Gasteiger partial charge in [-0.25, -0.2) is 9.59 Å². The Bertz CT molecular complexity index is 944. The lowest BCUT2D eigenvalue weighted by molar-refractivity contribution is -0.0640. The predicted molar refractivity (Wildman–Crippen MR) is 109 cm³/mol. The molecule has 0 unspecified atom stereocenters. The summed E-state index contributed by atoms with van der Waals surface area (Å²) in [5.41, 5.74) is 1.86.